The van der Waals surface area contributed by atoms with Gasteiger partial charge in [-0.25, -0.2) is 9.59 Å². The quantitative estimate of drug-likeness (QED) is 0.555. The van der Waals surface area contributed by atoms with Crippen molar-refractivity contribution in [3.63, 3.8) is 0 Å². The summed E-state index contributed by atoms with van der Waals surface area (Å²) in [6.07, 6.45) is 2.10. The normalized spacial score (nSPS) is 13.2. The van der Waals surface area contributed by atoms with Gasteiger partial charge in [-0.3, -0.25) is 0 Å². The minimum Gasteiger partial charge on any atom is -0.478 e. The number of hydrogen-bond donors (Lipinski definition) is 1. The van der Waals surface area contributed by atoms with Crippen LogP contribution >= 0.6 is 0 Å². The van der Waals surface area contributed by atoms with Crippen LogP contribution in [0.1, 0.15) is 60.7 Å². The molecule has 23 heavy (non-hydrogen) atoms. The lowest BCUT2D eigenvalue weighted by Gasteiger charge is -2.18. The summed E-state index contributed by atoms with van der Waals surface area (Å²) in [5.74, 6) is -0.919. The maximum Gasteiger partial charge on any atom is 0.339 e. The van der Waals surface area contributed by atoms with Crippen molar-refractivity contribution >= 4 is 17.7 Å². The summed E-state index contributed by atoms with van der Waals surface area (Å²) in [7, 11) is 0. The zero-order valence-corrected chi connectivity index (χ0v) is 13.9. The van der Waals surface area contributed by atoms with Gasteiger partial charge in [0.05, 0.1) is 17.7 Å². The molecule has 0 fully saturated rings. The van der Waals surface area contributed by atoms with Gasteiger partial charge in [0.2, 0.25) is 0 Å². The first kappa shape index (κ1) is 18.9. The van der Waals surface area contributed by atoms with Crippen molar-refractivity contribution in [3.05, 3.63) is 35.4 Å². The molecule has 0 heterocycles. The van der Waals surface area contributed by atoms with Crippen molar-refractivity contribution in [2.45, 2.75) is 40.0 Å². The Labute approximate surface area is 136 Å². The lowest BCUT2D eigenvalue weighted by molar-refractivity contribution is -0.118. The van der Waals surface area contributed by atoms with Gasteiger partial charge in [-0.1, -0.05) is 26.0 Å². The molecule has 1 rings (SSSR count). The largest absolute Gasteiger partial charge is 0.478 e. The molecule has 0 amide bonds. The molecule has 2 atom stereocenters. The minimum atomic E-state index is -1.15. The van der Waals surface area contributed by atoms with Crippen molar-refractivity contribution in [1.82, 2.24) is 0 Å². The number of esters is 1. The fraction of sp³-hybridized carbons (Fsp3) is 0.500. The van der Waals surface area contributed by atoms with Crippen LogP contribution in [0.25, 0.3) is 0 Å². The van der Waals surface area contributed by atoms with Crippen molar-refractivity contribution in [1.29, 1.82) is 0 Å². The molecule has 5 heteroatoms. The number of hydrogen-bond acceptors (Lipinski definition) is 4. The number of Topliss-reactive ketones (excluding diaryl/α,β-unsaturated/α-hetero) is 1. The van der Waals surface area contributed by atoms with Gasteiger partial charge < -0.3 is 14.6 Å². The van der Waals surface area contributed by atoms with E-state index in [1.807, 2.05) is 6.92 Å². The van der Waals surface area contributed by atoms with Crippen molar-refractivity contribution < 1.29 is 24.2 Å². The van der Waals surface area contributed by atoms with Crippen LogP contribution in [0, 0.1) is 11.8 Å². The smallest absolute Gasteiger partial charge is 0.339 e. The zero-order chi connectivity index (χ0) is 17.4. The maximum atomic E-state index is 12.0. The fourth-order valence-electron chi connectivity index (χ4n) is 2.43. The Morgan fingerprint density at radius 3 is 2.26 bits per heavy atom. The number of rotatable bonds is 9. The monoisotopic (exact) mass is 320 g/mol. The van der Waals surface area contributed by atoms with E-state index in [9.17, 15) is 14.4 Å². The van der Waals surface area contributed by atoms with Crippen LogP contribution in [0.15, 0.2) is 24.3 Å². The third kappa shape index (κ3) is 6.22. The number of ketones is 1. The number of carbonyl (C=O) groups is 3. The highest BCUT2D eigenvalue weighted by Gasteiger charge is 2.17. The molecule has 0 saturated heterocycles. The summed E-state index contributed by atoms with van der Waals surface area (Å²) in [5.41, 5.74) is 0.0129. The Balaban J connectivity index is 2.43. The molecule has 0 bridgehead atoms. The highest BCUT2D eigenvalue weighted by molar-refractivity contribution is 6.02. The Bertz CT molecular complexity index is 564. The molecule has 0 spiro atoms. The third-order valence-electron chi connectivity index (χ3n) is 4.00. The number of aromatic carboxylic acids is 1. The lowest BCUT2D eigenvalue weighted by Crippen LogP contribution is -2.14. The van der Waals surface area contributed by atoms with E-state index in [1.165, 1.54) is 12.1 Å². The number of carbonyl (C=O) groups excluding carboxylic acids is 2. The van der Waals surface area contributed by atoms with Crippen LogP contribution in [0.2, 0.25) is 0 Å². The predicted molar refractivity (Wildman–Crippen MR) is 86.5 cm³/mol. The van der Waals surface area contributed by atoms with E-state index in [2.05, 4.69) is 6.92 Å². The zero-order valence-electron chi connectivity index (χ0n) is 13.9. The second kappa shape index (κ2) is 9.08. The van der Waals surface area contributed by atoms with Crippen molar-refractivity contribution in [2.75, 3.05) is 6.61 Å². The van der Waals surface area contributed by atoms with Gasteiger partial charge in [0.15, 0.2) is 0 Å². The van der Waals surface area contributed by atoms with E-state index in [-0.39, 0.29) is 23.5 Å². The molecule has 1 N–H and O–H groups in total. The number of ether oxygens (including phenoxy) is 1. The molecule has 126 valence electrons. The lowest BCUT2D eigenvalue weighted by atomic mass is 9.88. The molecule has 1 aromatic carbocycles. The van der Waals surface area contributed by atoms with Gasteiger partial charge in [0.25, 0.3) is 0 Å². The number of carboxylic acid groups (broad SMARTS) is 1. The van der Waals surface area contributed by atoms with Gasteiger partial charge in [-0.15, -0.1) is 0 Å². The van der Waals surface area contributed by atoms with Crippen LogP contribution in [-0.2, 0) is 9.53 Å². The molecule has 0 radical (unpaired) electrons. The molecule has 0 aliphatic rings. The second-order valence-corrected chi connectivity index (χ2v) is 5.99. The van der Waals surface area contributed by atoms with Gasteiger partial charge in [-0.05, 0) is 43.7 Å². The van der Waals surface area contributed by atoms with Crippen molar-refractivity contribution in [2.24, 2.45) is 11.8 Å². The van der Waals surface area contributed by atoms with E-state index >= 15 is 0 Å². The van der Waals surface area contributed by atoms with E-state index in [0.29, 0.717) is 24.7 Å². The predicted octanol–water partition coefficient (Wildman–Crippen LogP) is 3.57. The van der Waals surface area contributed by atoms with Crippen LogP contribution < -0.4 is 0 Å². The highest BCUT2D eigenvalue weighted by Crippen LogP contribution is 2.20. The molecular weight excluding hydrogens is 296 g/mol. The van der Waals surface area contributed by atoms with Gasteiger partial charge in [0, 0.05) is 6.42 Å². The van der Waals surface area contributed by atoms with E-state index in [4.69, 9.17) is 9.84 Å². The van der Waals surface area contributed by atoms with Crippen LogP contribution in [0.4, 0.5) is 0 Å². The molecule has 1 aromatic rings. The van der Waals surface area contributed by atoms with Crippen LogP contribution in [-0.4, -0.2) is 29.4 Å². The third-order valence-corrected chi connectivity index (χ3v) is 4.00. The summed E-state index contributed by atoms with van der Waals surface area (Å²) in [6.45, 7) is 5.95. The average molecular weight is 320 g/mol. The number of benzene rings is 1. The fourth-order valence-corrected chi connectivity index (χ4v) is 2.43. The van der Waals surface area contributed by atoms with Gasteiger partial charge in [-0.2, -0.15) is 0 Å². The summed E-state index contributed by atoms with van der Waals surface area (Å²) in [4.78, 5) is 34.1. The highest BCUT2D eigenvalue weighted by atomic mass is 16.5. The topological polar surface area (TPSA) is 80.7 Å². The number of carboxylic acids is 1. The summed E-state index contributed by atoms with van der Waals surface area (Å²) < 4.78 is 5.16. The van der Waals surface area contributed by atoms with E-state index < -0.39 is 11.9 Å². The summed E-state index contributed by atoms with van der Waals surface area (Å²) in [5, 5.41) is 9.06. The summed E-state index contributed by atoms with van der Waals surface area (Å²) in [6, 6.07) is 6.00. The molecule has 0 aliphatic heterocycles. The summed E-state index contributed by atoms with van der Waals surface area (Å²) >= 11 is 0. The minimum absolute atomic E-state index is 0.0547. The molecule has 0 aliphatic carbocycles. The first-order valence-corrected chi connectivity index (χ1v) is 7.81. The van der Waals surface area contributed by atoms with Gasteiger partial charge in [0.1, 0.15) is 5.78 Å². The Morgan fingerprint density at radius 1 is 1.09 bits per heavy atom. The van der Waals surface area contributed by atoms with Crippen LogP contribution in [0.3, 0.4) is 0 Å². The molecular formula is C18H24O5. The first-order valence-electron chi connectivity index (χ1n) is 7.81. The molecule has 5 nitrogen and oxygen atoms in total. The van der Waals surface area contributed by atoms with E-state index in [1.54, 1.807) is 19.1 Å². The Morgan fingerprint density at radius 2 is 1.70 bits per heavy atom. The Kier molecular flexibility index (Phi) is 7.45. The van der Waals surface area contributed by atoms with Crippen LogP contribution in [0.5, 0.6) is 0 Å². The molecule has 0 aromatic heterocycles. The Hall–Kier alpha value is -2.17. The molecule has 2 unspecified atom stereocenters. The second-order valence-electron chi connectivity index (χ2n) is 5.99. The van der Waals surface area contributed by atoms with E-state index in [0.717, 1.165) is 6.42 Å². The van der Waals surface area contributed by atoms with Crippen molar-refractivity contribution in [3.8, 4) is 0 Å². The standard InChI is InChI=1S/C18H24O5/c1-12(13(2)11-14(3)19)7-6-10-23-18(22)16-9-5-4-8-15(16)17(20)21/h4-5,8-9,12-13H,6-7,10-11H2,1-3H3,(H,20,21). The SMILES string of the molecule is CC(=O)CC(C)C(C)CCCOC(=O)c1ccccc1C(=O)O. The average Bonchev–Trinajstić information content (AvgIpc) is 2.50. The molecule has 0 saturated carbocycles. The first-order chi connectivity index (χ1) is 10.8. The maximum absolute atomic E-state index is 12.0. The van der Waals surface area contributed by atoms with Gasteiger partial charge >= 0.3 is 11.9 Å².